The van der Waals surface area contributed by atoms with E-state index in [0.29, 0.717) is 16.1 Å². The van der Waals surface area contributed by atoms with Crippen LogP contribution in [0.4, 0.5) is 13.2 Å². The molecule has 0 saturated carbocycles. The standard InChI is InChI=1S/C32H20ClF3O/c33-24-16-17-26-27(20-24)31(22-12-6-2-7-13-22,23-14-8-3-9-15-23)30-28(37-32(34,35)36)19-18-25(29(26)30)21-10-4-1-5-11-21/h1-20H. The maximum Gasteiger partial charge on any atom is 0.573 e. The smallest absolute Gasteiger partial charge is 0.405 e. The van der Waals surface area contributed by atoms with Gasteiger partial charge in [0.25, 0.3) is 0 Å². The molecule has 0 aromatic heterocycles. The number of halogens is 4. The Morgan fingerprint density at radius 3 is 1.73 bits per heavy atom. The van der Waals surface area contributed by atoms with Crippen LogP contribution in [0.1, 0.15) is 22.3 Å². The van der Waals surface area contributed by atoms with Gasteiger partial charge in [-0.3, -0.25) is 0 Å². The molecule has 0 fully saturated rings. The van der Waals surface area contributed by atoms with Gasteiger partial charge in [0, 0.05) is 10.6 Å². The summed E-state index contributed by atoms with van der Waals surface area (Å²) in [5.74, 6) is -0.234. The summed E-state index contributed by atoms with van der Waals surface area (Å²) in [7, 11) is 0. The Morgan fingerprint density at radius 2 is 1.16 bits per heavy atom. The highest BCUT2D eigenvalue weighted by Crippen LogP contribution is 2.61. The number of hydrogen-bond acceptors (Lipinski definition) is 1. The van der Waals surface area contributed by atoms with E-state index in [4.69, 9.17) is 16.3 Å². The summed E-state index contributed by atoms with van der Waals surface area (Å²) in [5.41, 5.74) is 5.04. The molecule has 182 valence electrons. The maximum absolute atomic E-state index is 13.8. The van der Waals surface area contributed by atoms with E-state index in [2.05, 4.69) is 0 Å². The average Bonchev–Trinajstić information content (AvgIpc) is 3.21. The van der Waals surface area contributed by atoms with Crippen LogP contribution in [-0.2, 0) is 5.41 Å². The van der Waals surface area contributed by atoms with Crippen molar-refractivity contribution >= 4 is 11.6 Å². The van der Waals surface area contributed by atoms with E-state index >= 15 is 0 Å². The molecule has 37 heavy (non-hydrogen) atoms. The second kappa shape index (κ2) is 8.82. The van der Waals surface area contributed by atoms with Gasteiger partial charge in [0.2, 0.25) is 0 Å². The van der Waals surface area contributed by atoms with Crippen LogP contribution in [0.25, 0.3) is 22.3 Å². The Bertz CT molecular complexity index is 1540. The molecule has 1 aliphatic carbocycles. The third-order valence-electron chi connectivity index (χ3n) is 6.92. The molecule has 0 amide bonds. The lowest BCUT2D eigenvalue weighted by atomic mass is 9.67. The Kier molecular flexibility index (Phi) is 5.58. The van der Waals surface area contributed by atoms with Gasteiger partial charge in [0.05, 0.1) is 5.41 Å². The average molecular weight is 513 g/mol. The highest BCUT2D eigenvalue weighted by Gasteiger charge is 2.50. The van der Waals surface area contributed by atoms with Gasteiger partial charge in [-0.1, -0.05) is 115 Å². The van der Waals surface area contributed by atoms with Crippen molar-refractivity contribution in [2.75, 3.05) is 0 Å². The van der Waals surface area contributed by atoms with E-state index in [-0.39, 0.29) is 5.75 Å². The van der Waals surface area contributed by atoms with Crippen LogP contribution in [0.15, 0.2) is 121 Å². The lowest BCUT2D eigenvalue weighted by Gasteiger charge is -2.35. The molecule has 5 aromatic carbocycles. The highest BCUT2D eigenvalue weighted by atomic mass is 35.5. The van der Waals surface area contributed by atoms with E-state index < -0.39 is 11.8 Å². The lowest BCUT2D eigenvalue weighted by molar-refractivity contribution is -0.274. The second-order valence-electron chi connectivity index (χ2n) is 8.95. The minimum atomic E-state index is -4.87. The molecule has 5 heteroatoms. The van der Waals surface area contributed by atoms with Crippen LogP contribution in [0.3, 0.4) is 0 Å². The maximum atomic E-state index is 13.8. The summed E-state index contributed by atoms with van der Waals surface area (Å²) in [6.45, 7) is 0. The van der Waals surface area contributed by atoms with Crippen LogP contribution >= 0.6 is 11.6 Å². The predicted octanol–water partition coefficient (Wildman–Crippen LogP) is 9.27. The Hall–Kier alpha value is -4.02. The number of alkyl halides is 3. The van der Waals surface area contributed by atoms with Gasteiger partial charge in [-0.2, -0.15) is 0 Å². The van der Waals surface area contributed by atoms with E-state index in [1.807, 2.05) is 103 Å². The van der Waals surface area contributed by atoms with Crippen molar-refractivity contribution in [2.24, 2.45) is 0 Å². The molecule has 1 nitrogen and oxygen atoms in total. The van der Waals surface area contributed by atoms with Crippen LogP contribution in [0, 0.1) is 0 Å². The Balaban J connectivity index is 1.84. The van der Waals surface area contributed by atoms with Gasteiger partial charge in [0.15, 0.2) is 0 Å². The van der Waals surface area contributed by atoms with Crippen molar-refractivity contribution < 1.29 is 17.9 Å². The molecule has 0 atom stereocenters. The zero-order chi connectivity index (χ0) is 25.6. The molecule has 5 aromatic rings. The molecular weight excluding hydrogens is 493 g/mol. The van der Waals surface area contributed by atoms with Gasteiger partial charge in [0.1, 0.15) is 5.75 Å². The fourth-order valence-electron chi connectivity index (χ4n) is 5.63. The van der Waals surface area contributed by atoms with Crippen molar-refractivity contribution in [3.8, 4) is 28.0 Å². The molecule has 6 rings (SSSR count). The molecular formula is C32H20ClF3O. The monoisotopic (exact) mass is 512 g/mol. The summed E-state index contributed by atoms with van der Waals surface area (Å²) < 4.78 is 46.3. The minimum Gasteiger partial charge on any atom is -0.405 e. The first-order valence-electron chi connectivity index (χ1n) is 11.8. The van der Waals surface area contributed by atoms with Crippen LogP contribution in [0.2, 0.25) is 5.02 Å². The highest BCUT2D eigenvalue weighted by molar-refractivity contribution is 6.30. The molecule has 0 unspecified atom stereocenters. The van der Waals surface area contributed by atoms with Gasteiger partial charge in [-0.25, -0.2) is 0 Å². The van der Waals surface area contributed by atoms with Gasteiger partial charge in [-0.15, -0.1) is 13.2 Å². The van der Waals surface area contributed by atoms with Crippen LogP contribution < -0.4 is 4.74 Å². The van der Waals surface area contributed by atoms with Gasteiger partial charge < -0.3 is 4.74 Å². The number of rotatable bonds is 4. The first-order valence-corrected chi connectivity index (χ1v) is 12.2. The van der Waals surface area contributed by atoms with Crippen molar-refractivity contribution in [2.45, 2.75) is 11.8 Å². The summed E-state index contributed by atoms with van der Waals surface area (Å²) in [5, 5.41) is 0.502. The zero-order valence-corrected chi connectivity index (χ0v) is 20.2. The van der Waals surface area contributed by atoms with Crippen molar-refractivity contribution in [1.82, 2.24) is 0 Å². The molecule has 0 saturated heterocycles. The molecule has 0 N–H and O–H groups in total. The molecule has 0 radical (unpaired) electrons. The molecule has 0 heterocycles. The summed E-state index contributed by atoms with van der Waals surface area (Å²) in [4.78, 5) is 0. The number of ether oxygens (including phenoxy) is 1. The van der Waals surface area contributed by atoms with Gasteiger partial charge >= 0.3 is 6.36 Å². The largest absolute Gasteiger partial charge is 0.573 e. The van der Waals surface area contributed by atoms with Crippen molar-refractivity contribution in [1.29, 1.82) is 0 Å². The topological polar surface area (TPSA) is 9.23 Å². The SMILES string of the molecule is FC(F)(F)Oc1ccc(-c2ccccc2)c2c1C(c1ccccc1)(c1ccccc1)c1cc(Cl)ccc1-2. The summed E-state index contributed by atoms with van der Waals surface area (Å²) in [6.07, 6.45) is -4.87. The minimum absolute atomic E-state index is 0.234. The fraction of sp³-hybridized carbons (Fsp3) is 0.0625. The zero-order valence-electron chi connectivity index (χ0n) is 19.5. The summed E-state index contributed by atoms with van der Waals surface area (Å²) in [6, 6.07) is 37.5. The number of benzene rings is 5. The summed E-state index contributed by atoms with van der Waals surface area (Å²) >= 11 is 6.56. The van der Waals surface area contributed by atoms with E-state index in [1.165, 1.54) is 6.07 Å². The van der Waals surface area contributed by atoms with E-state index in [9.17, 15) is 13.2 Å². The van der Waals surface area contributed by atoms with E-state index in [0.717, 1.165) is 33.4 Å². The second-order valence-corrected chi connectivity index (χ2v) is 9.38. The third kappa shape index (κ3) is 3.80. The predicted molar refractivity (Wildman–Crippen MR) is 141 cm³/mol. The van der Waals surface area contributed by atoms with Crippen molar-refractivity contribution in [3.05, 3.63) is 149 Å². The number of hydrogen-bond donors (Lipinski definition) is 0. The van der Waals surface area contributed by atoms with Crippen LogP contribution in [0.5, 0.6) is 5.75 Å². The Morgan fingerprint density at radius 1 is 0.622 bits per heavy atom. The normalized spacial score (nSPS) is 13.6. The quantitative estimate of drug-likeness (QED) is 0.229. The fourth-order valence-corrected chi connectivity index (χ4v) is 5.80. The van der Waals surface area contributed by atoms with Crippen molar-refractivity contribution in [3.63, 3.8) is 0 Å². The first kappa shape index (κ1) is 23.4. The van der Waals surface area contributed by atoms with E-state index in [1.54, 1.807) is 12.1 Å². The van der Waals surface area contributed by atoms with Gasteiger partial charge in [-0.05, 0) is 57.1 Å². The van der Waals surface area contributed by atoms with Crippen LogP contribution in [-0.4, -0.2) is 6.36 Å². The third-order valence-corrected chi connectivity index (χ3v) is 7.16. The molecule has 0 aliphatic heterocycles. The molecule has 1 aliphatic rings. The Labute approximate surface area is 217 Å². The molecule has 0 spiro atoms. The first-order chi connectivity index (χ1) is 17.9. The lowest BCUT2D eigenvalue weighted by Crippen LogP contribution is -2.30. The molecule has 0 bridgehead atoms. The number of fused-ring (bicyclic) bond motifs is 3.